The summed E-state index contributed by atoms with van der Waals surface area (Å²) in [6.07, 6.45) is 2.03. The lowest BCUT2D eigenvalue weighted by molar-refractivity contribution is -0.122. The van der Waals surface area contributed by atoms with Gasteiger partial charge in [-0.25, -0.2) is 4.39 Å². The highest BCUT2D eigenvalue weighted by atomic mass is 35.5. The fourth-order valence-electron chi connectivity index (χ4n) is 3.25. The van der Waals surface area contributed by atoms with Crippen LogP contribution in [0.1, 0.15) is 12.8 Å². The molecule has 134 valence electrons. The number of amides is 1. The molecule has 2 fully saturated rings. The summed E-state index contributed by atoms with van der Waals surface area (Å²) in [5.41, 5.74) is 1.08. The van der Waals surface area contributed by atoms with E-state index in [1.807, 2.05) is 12.1 Å². The van der Waals surface area contributed by atoms with Gasteiger partial charge in [-0.2, -0.15) is 0 Å². The van der Waals surface area contributed by atoms with Gasteiger partial charge in [0, 0.05) is 45.0 Å². The summed E-state index contributed by atoms with van der Waals surface area (Å²) in [7, 11) is 0. The average Bonchev–Trinajstić information content (AvgIpc) is 3.11. The molecule has 0 bridgehead atoms. The van der Waals surface area contributed by atoms with E-state index in [0.717, 1.165) is 57.8 Å². The van der Waals surface area contributed by atoms with Crippen LogP contribution in [0, 0.1) is 5.82 Å². The van der Waals surface area contributed by atoms with Crippen molar-refractivity contribution in [3.8, 4) is 0 Å². The molecule has 1 aromatic carbocycles. The van der Waals surface area contributed by atoms with Gasteiger partial charge in [0.15, 0.2) is 0 Å². The monoisotopic (exact) mass is 356 g/mol. The molecule has 3 rings (SSSR count). The van der Waals surface area contributed by atoms with Crippen molar-refractivity contribution in [1.29, 1.82) is 0 Å². The van der Waals surface area contributed by atoms with E-state index in [2.05, 4.69) is 20.4 Å². The summed E-state index contributed by atoms with van der Waals surface area (Å²) >= 11 is 0. The molecular formula is C17H26ClFN4O. The van der Waals surface area contributed by atoms with E-state index in [1.165, 1.54) is 12.1 Å². The number of nitrogens with one attached hydrogen (secondary N) is 2. The number of nitrogens with zero attached hydrogens (tertiary/aromatic N) is 2. The van der Waals surface area contributed by atoms with Crippen LogP contribution < -0.4 is 15.5 Å². The number of rotatable bonds is 5. The molecule has 24 heavy (non-hydrogen) atoms. The SMILES string of the molecule is Cl.O=C(NCCN1CCN(c2ccc(F)cc2)CC1)C1CCCN1. The molecule has 2 saturated heterocycles. The van der Waals surface area contributed by atoms with E-state index in [0.29, 0.717) is 6.54 Å². The number of anilines is 1. The average molecular weight is 357 g/mol. The molecule has 0 aliphatic carbocycles. The highest BCUT2D eigenvalue weighted by molar-refractivity contribution is 5.85. The van der Waals surface area contributed by atoms with Crippen molar-refractivity contribution in [3.63, 3.8) is 0 Å². The van der Waals surface area contributed by atoms with E-state index in [4.69, 9.17) is 0 Å². The zero-order valence-corrected chi connectivity index (χ0v) is 14.7. The Hall–Kier alpha value is -1.37. The molecule has 1 unspecified atom stereocenters. The van der Waals surface area contributed by atoms with E-state index in [-0.39, 0.29) is 30.2 Å². The minimum absolute atomic E-state index is 0. The Labute approximate surface area is 149 Å². The van der Waals surface area contributed by atoms with Gasteiger partial charge in [0.25, 0.3) is 0 Å². The maximum atomic E-state index is 13.0. The first kappa shape index (κ1) is 19.0. The van der Waals surface area contributed by atoms with E-state index in [9.17, 15) is 9.18 Å². The van der Waals surface area contributed by atoms with Crippen molar-refractivity contribution in [2.45, 2.75) is 18.9 Å². The first-order valence-corrected chi connectivity index (χ1v) is 8.46. The zero-order chi connectivity index (χ0) is 16.1. The maximum absolute atomic E-state index is 13.0. The van der Waals surface area contributed by atoms with Gasteiger partial charge < -0.3 is 15.5 Å². The second-order valence-corrected chi connectivity index (χ2v) is 6.25. The molecule has 1 atom stereocenters. The molecule has 0 spiro atoms. The highest BCUT2D eigenvalue weighted by Crippen LogP contribution is 2.16. The fourth-order valence-corrected chi connectivity index (χ4v) is 3.25. The molecule has 2 aliphatic heterocycles. The van der Waals surface area contributed by atoms with E-state index < -0.39 is 0 Å². The molecule has 5 nitrogen and oxygen atoms in total. The van der Waals surface area contributed by atoms with Crippen LogP contribution in [-0.4, -0.2) is 62.7 Å². The van der Waals surface area contributed by atoms with Crippen LogP contribution in [0.2, 0.25) is 0 Å². The summed E-state index contributed by atoms with van der Waals surface area (Å²) in [4.78, 5) is 16.6. The summed E-state index contributed by atoms with van der Waals surface area (Å²) in [6, 6.07) is 6.69. The molecule has 0 radical (unpaired) electrons. The Bertz CT molecular complexity index is 514. The van der Waals surface area contributed by atoms with Crippen LogP contribution in [0.25, 0.3) is 0 Å². The Morgan fingerprint density at radius 3 is 2.54 bits per heavy atom. The van der Waals surface area contributed by atoms with Crippen LogP contribution in [0.15, 0.2) is 24.3 Å². The maximum Gasteiger partial charge on any atom is 0.237 e. The molecule has 1 aromatic rings. The number of hydrogen-bond donors (Lipinski definition) is 2. The summed E-state index contributed by atoms with van der Waals surface area (Å²) < 4.78 is 13.0. The molecule has 2 heterocycles. The predicted octanol–water partition coefficient (Wildman–Crippen LogP) is 1.24. The first-order valence-electron chi connectivity index (χ1n) is 8.46. The van der Waals surface area contributed by atoms with Gasteiger partial charge in [-0.05, 0) is 43.7 Å². The van der Waals surface area contributed by atoms with Crippen molar-refractivity contribution in [3.05, 3.63) is 30.1 Å². The lowest BCUT2D eigenvalue weighted by atomic mass is 10.2. The lowest BCUT2D eigenvalue weighted by Crippen LogP contribution is -2.49. The van der Waals surface area contributed by atoms with E-state index in [1.54, 1.807) is 0 Å². The lowest BCUT2D eigenvalue weighted by Gasteiger charge is -2.36. The zero-order valence-electron chi connectivity index (χ0n) is 13.8. The Kier molecular flexibility index (Phi) is 7.27. The van der Waals surface area contributed by atoms with Crippen LogP contribution in [0.5, 0.6) is 0 Å². The van der Waals surface area contributed by atoms with Gasteiger partial charge in [0.05, 0.1) is 6.04 Å². The fraction of sp³-hybridized carbons (Fsp3) is 0.588. The van der Waals surface area contributed by atoms with Crippen LogP contribution in [0.4, 0.5) is 10.1 Å². The topological polar surface area (TPSA) is 47.6 Å². The van der Waals surface area contributed by atoms with Crippen molar-refractivity contribution in [1.82, 2.24) is 15.5 Å². The highest BCUT2D eigenvalue weighted by Gasteiger charge is 2.22. The normalized spacial score (nSPS) is 21.4. The van der Waals surface area contributed by atoms with Gasteiger partial charge in [0.1, 0.15) is 5.82 Å². The Morgan fingerprint density at radius 2 is 1.92 bits per heavy atom. The number of hydrogen-bond acceptors (Lipinski definition) is 4. The molecule has 2 N–H and O–H groups in total. The predicted molar refractivity (Wildman–Crippen MR) is 96.3 cm³/mol. The molecular weight excluding hydrogens is 331 g/mol. The minimum Gasteiger partial charge on any atom is -0.369 e. The third kappa shape index (κ3) is 5.06. The number of carbonyl (C=O) groups is 1. The Morgan fingerprint density at radius 1 is 1.21 bits per heavy atom. The van der Waals surface area contributed by atoms with Gasteiger partial charge >= 0.3 is 0 Å². The quantitative estimate of drug-likeness (QED) is 0.833. The van der Waals surface area contributed by atoms with Gasteiger partial charge in [-0.1, -0.05) is 0 Å². The largest absolute Gasteiger partial charge is 0.369 e. The second-order valence-electron chi connectivity index (χ2n) is 6.25. The van der Waals surface area contributed by atoms with Gasteiger partial charge in [-0.15, -0.1) is 12.4 Å². The molecule has 0 aromatic heterocycles. The van der Waals surface area contributed by atoms with Crippen LogP contribution in [-0.2, 0) is 4.79 Å². The van der Waals surface area contributed by atoms with E-state index >= 15 is 0 Å². The second kappa shape index (κ2) is 9.20. The molecule has 2 aliphatic rings. The molecule has 1 amide bonds. The molecule has 0 saturated carbocycles. The van der Waals surface area contributed by atoms with Crippen LogP contribution >= 0.6 is 12.4 Å². The molecule has 7 heteroatoms. The third-order valence-electron chi connectivity index (χ3n) is 4.67. The number of benzene rings is 1. The van der Waals surface area contributed by atoms with Crippen molar-refractivity contribution in [2.75, 3.05) is 50.7 Å². The summed E-state index contributed by atoms with van der Waals surface area (Å²) in [5, 5.41) is 6.24. The van der Waals surface area contributed by atoms with Gasteiger partial charge in [-0.3, -0.25) is 9.69 Å². The first-order chi connectivity index (χ1) is 11.2. The third-order valence-corrected chi connectivity index (χ3v) is 4.67. The summed E-state index contributed by atoms with van der Waals surface area (Å²) in [5.74, 6) is -0.0627. The van der Waals surface area contributed by atoms with Gasteiger partial charge in [0.2, 0.25) is 5.91 Å². The summed E-state index contributed by atoms with van der Waals surface area (Å²) in [6.45, 7) is 6.34. The standard InChI is InChI=1S/C17H25FN4O.ClH/c18-14-3-5-15(6-4-14)22-12-10-21(11-13-22)9-8-20-17(23)16-2-1-7-19-16;/h3-6,16,19H,1-2,7-13H2,(H,20,23);1H. The Balaban J connectivity index is 0.00000208. The van der Waals surface area contributed by atoms with Crippen molar-refractivity contribution in [2.24, 2.45) is 0 Å². The van der Waals surface area contributed by atoms with Crippen molar-refractivity contribution < 1.29 is 9.18 Å². The smallest absolute Gasteiger partial charge is 0.237 e. The number of halogens is 2. The van der Waals surface area contributed by atoms with Crippen molar-refractivity contribution >= 4 is 24.0 Å². The number of piperazine rings is 1. The number of carbonyl (C=O) groups excluding carboxylic acids is 1. The van der Waals surface area contributed by atoms with Crippen LogP contribution in [0.3, 0.4) is 0 Å². The minimum atomic E-state index is -0.195.